The number of hydrazone groups is 1. The van der Waals surface area contributed by atoms with E-state index in [1.165, 1.54) is 36.6 Å². The summed E-state index contributed by atoms with van der Waals surface area (Å²) in [5.74, 6) is -0.827. The van der Waals surface area contributed by atoms with Gasteiger partial charge in [-0.15, -0.1) is 0 Å². The van der Waals surface area contributed by atoms with E-state index in [4.69, 9.17) is 9.47 Å². The zero-order valence-corrected chi connectivity index (χ0v) is 18.3. The standard InChI is InChI=1S/C24H18BrFN2O4/c25-19-7-12-22(32-24(30)13-6-17-4-2-1-3-5-17)18(14-19)15-27-28-23(29)16-31-21-10-8-20(26)9-11-21/h1-15H,16H2,(H,28,29)/b13-6+,27-15-. The van der Waals surface area contributed by atoms with Gasteiger partial charge in [-0.2, -0.15) is 5.10 Å². The van der Waals surface area contributed by atoms with Crippen molar-refractivity contribution in [3.63, 3.8) is 0 Å². The summed E-state index contributed by atoms with van der Waals surface area (Å²) >= 11 is 3.35. The normalized spacial score (nSPS) is 10.9. The number of hydrogen-bond donors (Lipinski definition) is 1. The number of carbonyl (C=O) groups is 2. The summed E-state index contributed by atoms with van der Waals surface area (Å²) in [6.45, 7) is -0.298. The average Bonchev–Trinajstić information content (AvgIpc) is 2.80. The maximum Gasteiger partial charge on any atom is 0.336 e. The van der Waals surface area contributed by atoms with Crippen LogP contribution in [0, 0.1) is 5.82 Å². The second kappa shape index (κ2) is 11.6. The minimum atomic E-state index is -0.553. The molecule has 3 rings (SSSR count). The van der Waals surface area contributed by atoms with Crippen LogP contribution >= 0.6 is 15.9 Å². The molecule has 8 heteroatoms. The summed E-state index contributed by atoms with van der Waals surface area (Å²) < 4.78 is 24.3. The third-order valence-corrected chi connectivity index (χ3v) is 4.46. The summed E-state index contributed by atoms with van der Waals surface area (Å²) in [7, 11) is 0. The second-order valence-corrected chi connectivity index (χ2v) is 7.30. The minimum absolute atomic E-state index is 0.275. The number of benzene rings is 3. The van der Waals surface area contributed by atoms with Gasteiger partial charge in [0, 0.05) is 16.1 Å². The number of halogens is 2. The fourth-order valence-corrected chi connectivity index (χ4v) is 2.85. The average molecular weight is 497 g/mol. The van der Waals surface area contributed by atoms with Gasteiger partial charge in [0.15, 0.2) is 6.61 Å². The van der Waals surface area contributed by atoms with E-state index in [1.807, 2.05) is 30.3 Å². The molecule has 0 bridgehead atoms. The number of nitrogens with one attached hydrogen (secondary N) is 1. The Balaban J connectivity index is 1.57. The Labute approximate surface area is 192 Å². The number of hydrogen-bond acceptors (Lipinski definition) is 5. The first-order valence-electron chi connectivity index (χ1n) is 9.44. The molecule has 3 aromatic carbocycles. The topological polar surface area (TPSA) is 77.0 Å². The molecule has 3 aromatic rings. The second-order valence-electron chi connectivity index (χ2n) is 6.38. The third-order valence-electron chi connectivity index (χ3n) is 3.97. The van der Waals surface area contributed by atoms with Crippen LogP contribution in [0.5, 0.6) is 11.5 Å². The van der Waals surface area contributed by atoms with Crippen LogP contribution < -0.4 is 14.9 Å². The molecule has 0 aliphatic rings. The van der Waals surface area contributed by atoms with E-state index < -0.39 is 17.7 Å². The molecule has 0 spiro atoms. The van der Waals surface area contributed by atoms with Crippen molar-refractivity contribution in [3.05, 3.63) is 100 Å². The highest BCUT2D eigenvalue weighted by Crippen LogP contribution is 2.22. The Morgan fingerprint density at radius 2 is 1.78 bits per heavy atom. The van der Waals surface area contributed by atoms with E-state index >= 15 is 0 Å². The summed E-state index contributed by atoms with van der Waals surface area (Å²) in [5.41, 5.74) is 3.66. The van der Waals surface area contributed by atoms with Crippen LogP contribution in [0.4, 0.5) is 4.39 Å². The fourth-order valence-electron chi connectivity index (χ4n) is 2.47. The van der Waals surface area contributed by atoms with E-state index in [0.29, 0.717) is 11.3 Å². The Kier molecular flexibility index (Phi) is 8.28. The predicted octanol–water partition coefficient (Wildman–Crippen LogP) is 4.74. The highest BCUT2D eigenvalue weighted by molar-refractivity contribution is 9.10. The molecule has 0 radical (unpaired) electrons. The van der Waals surface area contributed by atoms with Crippen LogP contribution in [0.3, 0.4) is 0 Å². The van der Waals surface area contributed by atoms with Crippen LogP contribution in [0.15, 0.2) is 88.4 Å². The van der Waals surface area contributed by atoms with Crippen molar-refractivity contribution in [1.29, 1.82) is 0 Å². The molecule has 0 unspecified atom stereocenters. The lowest BCUT2D eigenvalue weighted by Gasteiger charge is -2.07. The van der Waals surface area contributed by atoms with Crippen LogP contribution in [0.2, 0.25) is 0 Å². The first-order chi connectivity index (χ1) is 15.5. The molecule has 0 aliphatic carbocycles. The van der Waals surface area contributed by atoms with Gasteiger partial charge in [-0.3, -0.25) is 4.79 Å². The van der Waals surface area contributed by atoms with Crippen molar-refractivity contribution >= 4 is 40.1 Å². The maximum atomic E-state index is 12.9. The van der Waals surface area contributed by atoms with Gasteiger partial charge in [-0.1, -0.05) is 46.3 Å². The molecule has 1 amide bonds. The summed E-state index contributed by atoms with van der Waals surface area (Å²) in [6, 6.07) is 19.7. The molecule has 0 heterocycles. The SMILES string of the molecule is O=C(COc1ccc(F)cc1)N/N=C\c1cc(Br)ccc1OC(=O)/C=C/c1ccccc1. The van der Waals surface area contributed by atoms with Crippen molar-refractivity contribution in [2.75, 3.05) is 6.61 Å². The van der Waals surface area contributed by atoms with Crippen molar-refractivity contribution < 1.29 is 23.5 Å². The monoisotopic (exact) mass is 496 g/mol. The van der Waals surface area contributed by atoms with Crippen molar-refractivity contribution in [2.45, 2.75) is 0 Å². The number of amides is 1. The molecule has 6 nitrogen and oxygen atoms in total. The molecule has 0 saturated carbocycles. The molecule has 32 heavy (non-hydrogen) atoms. The van der Waals surface area contributed by atoms with Gasteiger partial charge in [0.05, 0.1) is 6.21 Å². The number of carbonyl (C=O) groups excluding carboxylic acids is 2. The molecule has 0 aromatic heterocycles. The molecular weight excluding hydrogens is 479 g/mol. The van der Waals surface area contributed by atoms with Crippen molar-refractivity contribution in [3.8, 4) is 11.5 Å². The van der Waals surface area contributed by atoms with E-state index in [2.05, 4.69) is 26.5 Å². The largest absolute Gasteiger partial charge is 0.484 e. The Morgan fingerprint density at radius 3 is 2.53 bits per heavy atom. The molecule has 0 aliphatic heterocycles. The zero-order valence-electron chi connectivity index (χ0n) is 16.7. The summed E-state index contributed by atoms with van der Waals surface area (Å²) in [6.07, 6.45) is 4.33. The van der Waals surface area contributed by atoms with Gasteiger partial charge in [0.25, 0.3) is 5.91 Å². The fraction of sp³-hybridized carbons (Fsp3) is 0.0417. The van der Waals surface area contributed by atoms with Gasteiger partial charge in [-0.05, 0) is 54.1 Å². The Bertz CT molecular complexity index is 1130. The Hall–Kier alpha value is -3.78. The molecule has 0 saturated heterocycles. The first kappa shape index (κ1) is 22.9. The first-order valence-corrected chi connectivity index (χ1v) is 10.2. The molecule has 1 N–H and O–H groups in total. The van der Waals surface area contributed by atoms with Gasteiger partial charge >= 0.3 is 5.97 Å². The summed E-state index contributed by atoms with van der Waals surface area (Å²) in [5, 5.41) is 3.88. The van der Waals surface area contributed by atoms with Crippen molar-refractivity contribution in [2.24, 2.45) is 5.10 Å². The van der Waals surface area contributed by atoms with Gasteiger partial charge < -0.3 is 9.47 Å². The number of rotatable bonds is 8. The zero-order chi connectivity index (χ0) is 22.8. The quantitative estimate of drug-likeness (QED) is 0.161. The van der Waals surface area contributed by atoms with E-state index in [1.54, 1.807) is 24.3 Å². The smallest absolute Gasteiger partial charge is 0.336 e. The highest BCUT2D eigenvalue weighted by Gasteiger charge is 2.08. The summed E-state index contributed by atoms with van der Waals surface area (Å²) in [4.78, 5) is 24.1. The number of nitrogens with zero attached hydrogens (tertiary/aromatic N) is 1. The molecule has 162 valence electrons. The van der Waals surface area contributed by atoms with Crippen LogP contribution in [0.25, 0.3) is 6.08 Å². The molecule has 0 fully saturated rings. The minimum Gasteiger partial charge on any atom is -0.484 e. The van der Waals surface area contributed by atoms with Crippen LogP contribution in [0.1, 0.15) is 11.1 Å². The molecular formula is C24H18BrFN2O4. The van der Waals surface area contributed by atoms with E-state index in [0.717, 1.165) is 10.0 Å². The number of ether oxygens (including phenoxy) is 2. The van der Waals surface area contributed by atoms with E-state index in [-0.39, 0.29) is 12.4 Å². The lowest BCUT2D eigenvalue weighted by Crippen LogP contribution is -2.24. The lowest BCUT2D eigenvalue weighted by atomic mass is 10.2. The Morgan fingerprint density at radius 1 is 1.03 bits per heavy atom. The van der Waals surface area contributed by atoms with Crippen LogP contribution in [-0.2, 0) is 9.59 Å². The molecule has 0 atom stereocenters. The third kappa shape index (κ3) is 7.48. The lowest BCUT2D eigenvalue weighted by molar-refractivity contribution is -0.129. The van der Waals surface area contributed by atoms with E-state index in [9.17, 15) is 14.0 Å². The van der Waals surface area contributed by atoms with Crippen molar-refractivity contribution in [1.82, 2.24) is 5.43 Å². The van der Waals surface area contributed by atoms with Gasteiger partial charge in [0.2, 0.25) is 0 Å². The van der Waals surface area contributed by atoms with Crippen LogP contribution in [-0.4, -0.2) is 24.7 Å². The number of esters is 1. The maximum absolute atomic E-state index is 12.9. The van der Waals surface area contributed by atoms with Gasteiger partial charge in [0.1, 0.15) is 17.3 Å². The van der Waals surface area contributed by atoms with Gasteiger partial charge in [-0.25, -0.2) is 14.6 Å². The highest BCUT2D eigenvalue weighted by atomic mass is 79.9. The predicted molar refractivity (Wildman–Crippen MR) is 123 cm³/mol.